The SMILES string of the molecule is Cc1ccc(C(=O)NCCC2CCC(C)CC2)cc1Br. The van der Waals surface area contributed by atoms with Crippen LogP contribution < -0.4 is 5.32 Å². The predicted octanol–water partition coefficient (Wildman–Crippen LogP) is 4.70. The Hall–Kier alpha value is -0.830. The third kappa shape index (κ3) is 4.34. The average Bonchev–Trinajstić information content (AvgIpc) is 2.44. The quantitative estimate of drug-likeness (QED) is 0.847. The fourth-order valence-electron chi connectivity index (χ4n) is 2.84. The third-order valence-corrected chi connectivity index (χ3v) is 5.26. The van der Waals surface area contributed by atoms with E-state index in [9.17, 15) is 4.79 Å². The van der Waals surface area contributed by atoms with Gasteiger partial charge >= 0.3 is 0 Å². The van der Waals surface area contributed by atoms with E-state index in [0.29, 0.717) is 0 Å². The molecule has 0 aromatic heterocycles. The molecule has 1 fully saturated rings. The predicted molar refractivity (Wildman–Crippen MR) is 87.0 cm³/mol. The zero-order valence-corrected chi connectivity index (χ0v) is 14.0. The van der Waals surface area contributed by atoms with Gasteiger partial charge in [0.15, 0.2) is 0 Å². The maximum Gasteiger partial charge on any atom is 0.251 e. The van der Waals surface area contributed by atoms with Gasteiger partial charge in [0.2, 0.25) is 0 Å². The number of hydrogen-bond donors (Lipinski definition) is 1. The molecule has 2 rings (SSSR count). The molecule has 20 heavy (non-hydrogen) atoms. The Morgan fingerprint density at radius 2 is 2.00 bits per heavy atom. The number of carbonyl (C=O) groups is 1. The molecule has 1 amide bonds. The zero-order valence-electron chi connectivity index (χ0n) is 12.4. The van der Waals surface area contributed by atoms with Crippen LogP contribution in [0.3, 0.4) is 0 Å². The molecule has 0 unspecified atom stereocenters. The van der Waals surface area contributed by atoms with Gasteiger partial charge in [0.25, 0.3) is 5.91 Å². The Morgan fingerprint density at radius 3 is 2.65 bits per heavy atom. The lowest BCUT2D eigenvalue weighted by Crippen LogP contribution is -2.26. The van der Waals surface area contributed by atoms with Crippen molar-refractivity contribution in [3.8, 4) is 0 Å². The molecule has 0 aliphatic heterocycles. The van der Waals surface area contributed by atoms with Crippen LogP contribution >= 0.6 is 15.9 Å². The summed E-state index contributed by atoms with van der Waals surface area (Å²) in [6.45, 7) is 5.16. The molecule has 0 radical (unpaired) electrons. The van der Waals surface area contributed by atoms with E-state index in [4.69, 9.17) is 0 Å². The summed E-state index contributed by atoms with van der Waals surface area (Å²) in [7, 11) is 0. The molecule has 2 nitrogen and oxygen atoms in total. The Labute approximate surface area is 130 Å². The fourth-order valence-corrected chi connectivity index (χ4v) is 3.22. The van der Waals surface area contributed by atoms with Gasteiger partial charge in [-0.1, -0.05) is 54.6 Å². The van der Waals surface area contributed by atoms with E-state index in [1.165, 1.54) is 25.7 Å². The van der Waals surface area contributed by atoms with Crippen LogP contribution in [0.5, 0.6) is 0 Å². The molecule has 3 heteroatoms. The monoisotopic (exact) mass is 337 g/mol. The van der Waals surface area contributed by atoms with Crippen molar-refractivity contribution in [3.05, 3.63) is 33.8 Å². The van der Waals surface area contributed by atoms with Crippen LogP contribution in [0.1, 0.15) is 54.9 Å². The first-order chi connectivity index (χ1) is 9.56. The number of nitrogens with one attached hydrogen (secondary N) is 1. The molecule has 0 bridgehead atoms. The van der Waals surface area contributed by atoms with Crippen LogP contribution in [-0.4, -0.2) is 12.5 Å². The summed E-state index contributed by atoms with van der Waals surface area (Å²) < 4.78 is 0.992. The molecule has 110 valence electrons. The summed E-state index contributed by atoms with van der Waals surface area (Å²) in [5, 5.41) is 3.04. The zero-order chi connectivity index (χ0) is 14.5. The van der Waals surface area contributed by atoms with Gasteiger partial charge < -0.3 is 5.32 Å². The summed E-state index contributed by atoms with van der Waals surface area (Å²) in [6, 6.07) is 5.76. The van der Waals surface area contributed by atoms with Gasteiger partial charge in [-0.25, -0.2) is 0 Å². The molecule has 0 atom stereocenters. The van der Waals surface area contributed by atoms with Crippen LogP contribution in [0.15, 0.2) is 22.7 Å². The maximum absolute atomic E-state index is 12.1. The molecule has 1 saturated carbocycles. The van der Waals surface area contributed by atoms with Gasteiger partial charge in [0, 0.05) is 16.6 Å². The Morgan fingerprint density at radius 1 is 1.30 bits per heavy atom. The van der Waals surface area contributed by atoms with Gasteiger partial charge in [-0.15, -0.1) is 0 Å². The highest BCUT2D eigenvalue weighted by molar-refractivity contribution is 9.10. The number of rotatable bonds is 4. The minimum atomic E-state index is 0.0369. The molecular weight excluding hydrogens is 314 g/mol. The van der Waals surface area contributed by atoms with E-state index in [2.05, 4.69) is 28.2 Å². The van der Waals surface area contributed by atoms with Gasteiger partial charge in [-0.05, 0) is 42.9 Å². The molecule has 1 aliphatic carbocycles. The van der Waals surface area contributed by atoms with Crippen LogP contribution in [0.2, 0.25) is 0 Å². The van der Waals surface area contributed by atoms with Crippen molar-refractivity contribution >= 4 is 21.8 Å². The van der Waals surface area contributed by atoms with Gasteiger partial charge in [-0.2, -0.15) is 0 Å². The van der Waals surface area contributed by atoms with Crippen molar-refractivity contribution in [2.24, 2.45) is 11.8 Å². The fraction of sp³-hybridized carbons (Fsp3) is 0.588. The minimum Gasteiger partial charge on any atom is -0.352 e. The van der Waals surface area contributed by atoms with Crippen molar-refractivity contribution in [2.45, 2.75) is 46.0 Å². The second-order valence-electron chi connectivity index (χ2n) is 6.13. The standard InChI is InChI=1S/C17H24BrNO/c1-12-3-6-14(7-4-12)9-10-19-17(20)15-8-5-13(2)16(18)11-15/h5,8,11-12,14H,3-4,6-7,9-10H2,1-2H3,(H,19,20). The lowest BCUT2D eigenvalue weighted by atomic mass is 9.81. The van der Waals surface area contributed by atoms with Crippen LogP contribution in [0.4, 0.5) is 0 Å². The van der Waals surface area contributed by atoms with Crippen molar-refractivity contribution in [3.63, 3.8) is 0 Å². The highest BCUT2D eigenvalue weighted by Crippen LogP contribution is 2.29. The maximum atomic E-state index is 12.1. The van der Waals surface area contributed by atoms with Gasteiger partial charge in [-0.3, -0.25) is 4.79 Å². The van der Waals surface area contributed by atoms with Crippen molar-refractivity contribution in [2.75, 3.05) is 6.54 Å². The normalized spacial score (nSPS) is 22.6. The first-order valence-corrected chi connectivity index (χ1v) is 8.40. The number of halogens is 1. The summed E-state index contributed by atoms with van der Waals surface area (Å²) in [5.41, 5.74) is 1.89. The summed E-state index contributed by atoms with van der Waals surface area (Å²) >= 11 is 3.47. The topological polar surface area (TPSA) is 29.1 Å². The summed E-state index contributed by atoms with van der Waals surface area (Å²) in [6.07, 6.45) is 6.47. The first kappa shape index (κ1) is 15.6. The highest BCUT2D eigenvalue weighted by atomic mass is 79.9. The molecule has 1 aliphatic rings. The summed E-state index contributed by atoms with van der Waals surface area (Å²) in [4.78, 5) is 12.1. The Kier molecular flexibility index (Phi) is 5.64. The summed E-state index contributed by atoms with van der Waals surface area (Å²) in [5.74, 6) is 1.73. The van der Waals surface area contributed by atoms with E-state index < -0.39 is 0 Å². The molecule has 1 N–H and O–H groups in total. The van der Waals surface area contributed by atoms with E-state index in [0.717, 1.165) is 40.4 Å². The van der Waals surface area contributed by atoms with Gasteiger partial charge in [0.1, 0.15) is 0 Å². The second-order valence-corrected chi connectivity index (χ2v) is 6.99. The highest BCUT2D eigenvalue weighted by Gasteiger charge is 2.18. The Balaban J connectivity index is 1.76. The lowest BCUT2D eigenvalue weighted by Gasteiger charge is -2.26. The molecule has 0 spiro atoms. The molecule has 1 aromatic rings. The van der Waals surface area contributed by atoms with E-state index in [1.807, 2.05) is 25.1 Å². The number of aryl methyl sites for hydroxylation is 1. The second kappa shape index (κ2) is 7.26. The van der Waals surface area contributed by atoms with Crippen molar-refractivity contribution in [1.82, 2.24) is 5.32 Å². The van der Waals surface area contributed by atoms with Crippen LogP contribution in [0.25, 0.3) is 0 Å². The smallest absolute Gasteiger partial charge is 0.251 e. The van der Waals surface area contributed by atoms with Crippen molar-refractivity contribution < 1.29 is 4.79 Å². The van der Waals surface area contributed by atoms with Crippen molar-refractivity contribution in [1.29, 1.82) is 0 Å². The Bertz CT molecular complexity index is 464. The van der Waals surface area contributed by atoms with E-state index in [-0.39, 0.29) is 5.91 Å². The van der Waals surface area contributed by atoms with E-state index in [1.54, 1.807) is 0 Å². The number of carbonyl (C=O) groups excluding carboxylic acids is 1. The molecular formula is C17H24BrNO. The number of amides is 1. The van der Waals surface area contributed by atoms with Gasteiger partial charge in [0.05, 0.1) is 0 Å². The number of benzene rings is 1. The largest absolute Gasteiger partial charge is 0.352 e. The lowest BCUT2D eigenvalue weighted by molar-refractivity contribution is 0.0949. The minimum absolute atomic E-state index is 0.0369. The van der Waals surface area contributed by atoms with Crippen LogP contribution in [-0.2, 0) is 0 Å². The third-order valence-electron chi connectivity index (χ3n) is 4.41. The molecule has 0 heterocycles. The molecule has 1 aromatic carbocycles. The average molecular weight is 338 g/mol. The van der Waals surface area contributed by atoms with Crippen LogP contribution in [0, 0.1) is 18.8 Å². The van der Waals surface area contributed by atoms with E-state index >= 15 is 0 Å². The molecule has 0 saturated heterocycles. The first-order valence-electron chi connectivity index (χ1n) is 7.60. The number of hydrogen-bond acceptors (Lipinski definition) is 1.